The van der Waals surface area contributed by atoms with Crippen molar-refractivity contribution in [3.8, 4) is 0 Å². The maximum atomic E-state index is 11.5. The summed E-state index contributed by atoms with van der Waals surface area (Å²) < 4.78 is 5.89. The minimum Gasteiger partial charge on any atom is -0.468 e. The molecule has 0 unspecified atom stereocenters. The Bertz CT molecular complexity index is 565. The monoisotopic (exact) mass is 279 g/mol. The van der Waals surface area contributed by atoms with Crippen molar-refractivity contribution in [2.75, 3.05) is 7.11 Å². The number of hydrogen-bond donors (Lipinski definition) is 2. The molecule has 5 heteroatoms. The third-order valence-corrected chi connectivity index (χ3v) is 4.02. The Hall–Kier alpha value is -1.43. The van der Waals surface area contributed by atoms with Gasteiger partial charge in [-0.2, -0.15) is 0 Å². The molecule has 2 N–H and O–H groups in total. The van der Waals surface area contributed by atoms with Crippen molar-refractivity contribution in [2.24, 2.45) is 0 Å². The van der Waals surface area contributed by atoms with Crippen LogP contribution < -0.4 is 5.32 Å². The number of carbonyl (C=O) groups excluding carboxylic acids is 1. The third kappa shape index (κ3) is 3.12. The molecular formula is C14H17NO3S. The van der Waals surface area contributed by atoms with Gasteiger partial charge in [0.15, 0.2) is 0 Å². The number of aliphatic hydroxyl groups is 1. The largest absolute Gasteiger partial charge is 0.468 e. The van der Waals surface area contributed by atoms with E-state index in [1.165, 1.54) is 17.2 Å². The van der Waals surface area contributed by atoms with Crippen LogP contribution in [-0.4, -0.2) is 30.3 Å². The fourth-order valence-electron chi connectivity index (χ4n) is 1.97. The van der Waals surface area contributed by atoms with Gasteiger partial charge in [-0.25, -0.2) is 0 Å². The van der Waals surface area contributed by atoms with E-state index in [2.05, 4.69) is 27.6 Å². The zero-order valence-corrected chi connectivity index (χ0v) is 11.7. The molecule has 102 valence electrons. The summed E-state index contributed by atoms with van der Waals surface area (Å²) in [7, 11) is 1.32. The Morgan fingerprint density at radius 1 is 1.47 bits per heavy atom. The summed E-state index contributed by atoms with van der Waals surface area (Å²) in [6.07, 6.45) is -0.794. The molecule has 0 spiro atoms. The number of fused-ring (bicyclic) bond motifs is 1. The number of benzene rings is 1. The second-order valence-corrected chi connectivity index (χ2v) is 5.29. The summed E-state index contributed by atoms with van der Waals surface area (Å²) in [6, 6.07) is 7.41. The Morgan fingerprint density at radius 2 is 2.21 bits per heavy atom. The van der Waals surface area contributed by atoms with Crippen molar-refractivity contribution in [1.29, 1.82) is 0 Å². The van der Waals surface area contributed by atoms with Crippen LogP contribution in [0.4, 0.5) is 0 Å². The van der Waals surface area contributed by atoms with Crippen molar-refractivity contribution in [1.82, 2.24) is 5.32 Å². The van der Waals surface area contributed by atoms with Crippen LogP contribution in [0.2, 0.25) is 0 Å². The van der Waals surface area contributed by atoms with E-state index in [-0.39, 0.29) is 0 Å². The predicted molar refractivity (Wildman–Crippen MR) is 76.1 cm³/mol. The summed E-state index contributed by atoms with van der Waals surface area (Å²) in [5.41, 5.74) is 1.12. The molecule has 0 aliphatic heterocycles. The number of ether oxygens (including phenoxy) is 1. The van der Waals surface area contributed by atoms with Crippen molar-refractivity contribution in [3.05, 3.63) is 35.2 Å². The second-order valence-electron chi connectivity index (χ2n) is 4.38. The maximum Gasteiger partial charge on any atom is 0.325 e. The van der Waals surface area contributed by atoms with Gasteiger partial charge in [-0.3, -0.25) is 10.1 Å². The van der Waals surface area contributed by atoms with Gasteiger partial charge in [0.1, 0.15) is 6.04 Å². The number of methoxy groups -OCH3 is 1. The number of aliphatic hydroxyl groups excluding tert-OH is 1. The molecule has 1 aromatic carbocycles. The molecular weight excluding hydrogens is 262 g/mol. The highest BCUT2D eigenvalue weighted by Gasteiger charge is 2.23. The molecule has 0 aliphatic rings. The molecule has 0 fully saturated rings. The van der Waals surface area contributed by atoms with Crippen LogP contribution in [0.15, 0.2) is 29.6 Å². The van der Waals surface area contributed by atoms with Gasteiger partial charge >= 0.3 is 5.97 Å². The molecule has 19 heavy (non-hydrogen) atoms. The lowest BCUT2D eigenvalue weighted by atomic mass is 10.1. The van der Waals surface area contributed by atoms with E-state index in [1.54, 1.807) is 18.3 Å². The van der Waals surface area contributed by atoms with Crippen molar-refractivity contribution in [3.63, 3.8) is 0 Å². The van der Waals surface area contributed by atoms with E-state index >= 15 is 0 Å². The summed E-state index contributed by atoms with van der Waals surface area (Å²) >= 11 is 1.67. The topological polar surface area (TPSA) is 58.6 Å². The molecule has 0 saturated heterocycles. The maximum absolute atomic E-state index is 11.5. The minimum absolute atomic E-state index is 0.450. The molecule has 2 aromatic rings. The van der Waals surface area contributed by atoms with Crippen LogP contribution in [0.3, 0.4) is 0 Å². The highest BCUT2D eigenvalue weighted by Crippen LogP contribution is 2.25. The molecule has 0 radical (unpaired) electrons. The lowest BCUT2D eigenvalue weighted by Crippen LogP contribution is -2.45. The van der Waals surface area contributed by atoms with E-state index in [1.807, 2.05) is 12.1 Å². The van der Waals surface area contributed by atoms with Crippen LogP contribution in [0.5, 0.6) is 0 Å². The van der Waals surface area contributed by atoms with E-state index in [4.69, 9.17) is 0 Å². The molecule has 2 atom stereocenters. The van der Waals surface area contributed by atoms with Gasteiger partial charge in [-0.05, 0) is 29.3 Å². The second kappa shape index (κ2) is 6.14. The highest BCUT2D eigenvalue weighted by molar-refractivity contribution is 7.17. The molecule has 0 bridgehead atoms. The van der Waals surface area contributed by atoms with E-state index in [9.17, 15) is 9.90 Å². The smallest absolute Gasteiger partial charge is 0.325 e. The van der Waals surface area contributed by atoms with Gasteiger partial charge in [0.05, 0.1) is 13.2 Å². The van der Waals surface area contributed by atoms with Crippen molar-refractivity contribution in [2.45, 2.75) is 25.6 Å². The van der Waals surface area contributed by atoms with Crippen LogP contribution in [0, 0.1) is 0 Å². The normalized spacial score (nSPS) is 14.3. The van der Waals surface area contributed by atoms with Gasteiger partial charge in [0, 0.05) is 11.2 Å². The fraction of sp³-hybridized carbons (Fsp3) is 0.357. The Labute approximate surface area is 116 Å². The number of carbonyl (C=O) groups is 1. The Kier molecular flexibility index (Phi) is 4.52. The lowest BCUT2D eigenvalue weighted by molar-refractivity contribution is -0.145. The van der Waals surface area contributed by atoms with Gasteiger partial charge in [-0.1, -0.05) is 18.2 Å². The SMILES string of the molecule is COC(=O)[C@@H](NCc1csc2ccccc12)[C@@H](C)O. The molecule has 0 aliphatic carbocycles. The first kappa shape index (κ1) is 14.0. The fourth-order valence-corrected chi connectivity index (χ4v) is 2.93. The number of esters is 1. The zero-order valence-electron chi connectivity index (χ0n) is 10.9. The summed E-state index contributed by atoms with van der Waals surface area (Å²) in [5, 5.41) is 15.9. The van der Waals surface area contributed by atoms with Gasteiger partial charge in [0.25, 0.3) is 0 Å². The average Bonchev–Trinajstić information content (AvgIpc) is 2.82. The zero-order chi connectivity index (χ0) is 13.8. The number of hydrogen-bond acceptors (Lipinski definition) is 5. The van der Waals surface area contributed by atoms with E-state index < -0.39 is 18.1 Å². The van der Waals surface area contributed by atoms with Gasteiger partial charge in [-0.15, -0.1) is 11.3 Å². The Morgan fingerprint density at radius 3 is 2.89 bits per heavy atom. The predicted octanol–water partition coefficient (Wildman–Crippen LogP) is 1.91. The first-order chi connectivity index (χ1) is 9.13. The van der Waals surface area contributed by atoms with Crippen LogP contribution in [0.1, 0.15) is 12.5 Å². The van der Waals surface area contributed by atoms with Crippen LogP contribution in [-0.2, 0) is 16.1 Å². The molecule has 1 heterocycles. The molecule has 2 rings (SSSR count). The highest BCUT2D eigenvalue weighted by atomic mass is 32.1. The van der Waals surface area contributed by atoms with Crippen molar-refractivity contribution < 1.29 is 14.6 Å². The first-order valence-corrected chi connectivity index (χ1v) is 6.96. The van der Waals surface area contributed by atoms with E-state index in [0.29, 0.717) is 6.54 Å². The third-order valence-electron chi connectivity index (χ3n) is 3.01. The van der Waals surface area contributed by atoms with Crippen molar-refractivity contribution >= 4 is 27.4 Å². The average molecular weight is 279 g/mol. The number of thiophene rings is 1. The van der Waals surface area contributed by atoms with Crippen LogP contribution >= 0.6 is 11.3 Å². The summed E-state index contributed by atoms with van der Waals surface area (Å²) in [5.74, 6) is -0.450. The molecule has 0 saturated carbocycles. The van der Waals surface area contributed by atoms with Gasteiger partial charge < -0.3 is 9.84 Å². The Balaban J connectivity index is 2.11. The summed E-state index contributed by atoms with van der Waals surface area (Å²) in [6.45, 7) is 2.09. The first-order valence-electron chi connectivity index (χ1n) is 6.08. The molecule has 0 amide bonds. The van der Waals surface area contributed by atoms with Crippen LogP contribution in [0.25, 0.3) is 10.1 Å². The number of rotatable bonds is 5. The standard InChI is InChI=1S/C14H17NO3S/c1-9(16)13(14(17)18-2)15-7-10-8-19-12-6-4-3-5-11(10)12/h3-6,8-9,13,15-16H,7H2,1-2H3/t9-,13+/m1/s1. The minimum atomic E-state index is -0.794. The summed E-state index contributed by atoms with van der Waals surface area (Å²) in [4.78, 5) is 11.5. The van der Waals surface area contributed by atoms with Gasteiger partial charge in [0.2, 0.25) is 0 Å². The lowest BCUT2D eigenvalue weighted by Gasteiger charge is -2.18. The quantitative estimate of drug-likeness (QED) is 0.821. The number of nitrogens with one attached hydrogen (secondary N) is 1. The van der Waals surface area contributed by atoms with E-state index in [0.717, 1.165) is 5.56 Å². The molecule has 4 nitrogen and oxygen atoms in total. The molecule has 1 aromatic heterocycles.